The molecule has 38 heavy (non-hydrogen) atoms. The van der Waals surface area contributed by atoms with Crippen LogP contribution in [0.1, 0.15) is 44.9 Å². The van der Waals surface area contributed by atoms with Gasteiger partial charge in [-0.1, -0.05) is 0 Å². The minimum Gasteiger partial charge on any atom is -0.652 e. The maximum Gasteiger partial charge on any atom is 1.00 e. The van der Waals surface area contributed by atoms with E-state index in [-0.39, 0.29) is 82.6 Å². The van der Waals surface area contributed by atoms with Crippen LogP contribution in [-0.2, 0) is 4.79 Å². The van der Waals surface area contributed by atoms with Gasteiger partial charge in [-0.2, -0.15) is 0 Å². The first-order valence-corrected chi connectivity index (χ1v) is 12.8. The van der Waals surface area contributed by atoms with Gasteiger partial charge in [-0.25, -0.2) is 4.98 Å². The van der Waals surface area contributed by atoms with Gasteiger partial charge < -0.3 is 30.3 Å². The summed E-state index contributed by atoms with van der Waals surface area (Å²) in [5, 5.41) is 30.6. The Kier molecular flexibility index (Phi) is 11.1. The van der Waals surface area contributed by atoms with Crippen LogP contribution < -0.4 is 79.5 Å². The topological polar surface area (TPSA) is 142 Å². The minimum atomic E-state index is -2.33. The molecule has 3 heterocycles. The number of carbonyl (C=O) groups is 2. The predicted molar refractivity (Wildman–Crippen MR) is 128 cm³/mol. The zero-order valence-corrected chi connectivity index (χ0v) is 26.2. The van der Waals surface area contributed by atoms with Crippen molar-refractivity contribution in [3.8, 4) is 11.1 Å². The molecule has 3 atom stereocenters. The molecule has 0 radical (unpaired) electrons. The van der Waals surface area contributed by atoms with E-state index in [2.05, 4.69) is 27.3 Å². The zero-order chi connectivity index (χ0) is 25.3. The number of carboxylic acid groups (broad SMARTS) is 2. The van der Waals surface area contributed by atoms with Crippen LogP contribution in [0.5, 0.6) is 0 Å². The summed E-state index contributed by atoms with van der Waals surface area (Å²) in [6.45, 7) is 1.78. The van der Waals surface area contributed by atoms with Crippen LogP contribution >= 0.6 is 0 Å². The zero-order valence-electron chi connectivity index (χ0n) is 22.2. The number of pyridine rings is 2. The number of hydrogen-bond acceptors (Lipinski definition) is 8. The Labute approximate surface area is 267 Å². The molecular weight excluding hydrogens is 506 g/mol. The molecule has 11 heteroatoms. The van der Waals surface area contributed by atoms with E-state index in [0.29, 0.717) is 17.8 Å². The van der Waals surface area contributed by atoms with Gasteiger partial charge in [0.2, 0.25) is 5.91 Å². The molecule has 1 aliphatic heterocycles. The second-order valence-electron chi connectivity index (χ2n) is 10.9. The molecule has 0 aromatic carbocycles. The number of rotatable bonds is 4. The van der Waals surface area contributed by atoms with Gasteiger partial charge in [-0.3, -0.25) is 9.78 Å². The Morgan fingerprint density at radius 2 is 1.66 bits per heavy atom. The van der Waals surface area contributed by atoms with Crippen LogP contribution in [0.3, 0.4) is 0 Å². The maximum atomic E-state index is 13.5. The van der Waals surface area contributed by atoms with Crippen molar-refractivity contribution >= 4 is 17.9 Å². The average Bonchev–Trinajstić information content (AvgIpc) is 2.87. The molecule has 9 nitrogen and oxygen atoms in total. The fourth-order valence-electron chi connectivity index (χ4n) is 7.21. The monoisotopic (exact) mass is 538 g/mol. The Bertz CT molecular complexity index is 1070. The fraction of sp³-hybridized carbons (Fsp3) is 0.556. The molecule has 4 aliphatic carbocycles. The van der Waals surface area contributed by atoms with Gasteiger partial charge in [0.25, 0.3) is 0 Å². The third-order valence-corrected chi connectivity index (χ3v) is 8.55. The standard InChI is InChI=1S/C26H32N4O2.CH2O3.2Na/c31-24-20-10-17-11-21(24)14-26(12-17,13-20)25(32)29-22-2-1-9-30(16-22)23-4-3-19(15-28-23)18-5-7-27-8-6-18;2-1(3)4;;/h3-8,15,17,20-22,24,31H,1-2,9-14,16H2,(H,29,32);(H2,2,3,4);;/q;;2*+1/p-2/t17?,20?,21?,22-,24?,26?;;;/m0.../s1. The second kappa shape index (κ2) is 13.4. The Morgan fingerprint density at radius 3 is 2.26 bits per heavy atom. The summed E-state index contributed by atoms with van der Waals surface area (Å²) >= 11 is 0. The fourth-order valence-corrected chi connectivity index (χ4v) is 7.21. The van der Waals surface area contributed by atoms with Gasteiger partial charge >= 0.3 is 59.1 Å². The molecule has 1 amide bonds. The number of amides is 1. The van der Waals surface area contributed by atoms with E-state index >= 15 is 0 Å². The smallest absolute Gasteiger partial charge is 0.652 e. The number of nitrogens with zero attached hydrogens (tertiary/aromatic N) is 3. The Balaban J connectivity index is 0.000000625. The van der Waals surface area contributed by atoms with Crippen molar-refractivity contribution in [2.24, 2.45) is 23.2 Å². The van der Waals surface area contributed by atoms with Crippen LogP contribution in [-0.4, -0.2) is 52.4 Å². The van der Waals surface area contributed by atoms with Crippen LogP contribution in [0.2, 0.25) is 0 Å². The molecule has 192 valence electrons. The molecule has 7 rings (SSSR count). The first-order valence-electron chi connectivity index (χ1n) is 12.8. The largest absolute Gasteiger partial charge is 1.00 e. The summed E-state index contributed by atoms with van der Waals surface area (Å²) in [6, 6.07) is 8.34. The molecule has 2 aromatic heterocycles. The molecule has 5 aliphatic rings. The van der Waals surface area contributed by atoms with Crippen molar-refractivity contribution in [2.75, 3.05) is 18.0 Å². The predicted octanol–water partition coefficient (Wildman–Crippen LogP) is -5.02. The van der Waals surface area contributed by atoms with E-state index in [0.717, 1.165) is 75.0 Å². The van der Waals surface area contributed by atoms with Gasteiger partial charge in [-0.05, 0) is 98.7 Å². The van der Waals surface area contributed by atoms with Crippen molar-refractivity contribution in [3.05, 3.63) is 42.9 Å². The van der Waals surface area contributed by atoms with Crippen LogP contribution in [0.4, 0.5) is 10.6 Å². The molecule has 4 bridgehead atoms. The number of piperidine rings is 1. The van der Waals surface area contributed by atoms with Crippen molar-refractivity contribution < 1.29 is 84.0 Å². The van der Waals surface area contributed by atoms with Crippen molar-refractivity contribution in [2.45, 2.75) is 57.1 Å². The van der Waals surface area contributed by atoms with Crippen LogP contribution in [0, 0.1) is 23.2 Å². The quantitative estimate of drug-likeness (QED) is 0.369. The van der Waals surface area contributed by atoms with Crippen LogP contribution in [0.25, 0.3) is 11.1 Å². The number of hydrogen-bond donors (Lipinski definition) is 2. The molecular formula is C27H32N4Na2O5. The van der Waals surface area contributed by atoms with Crippen molar-refractivity contribution in [1.82, 2.24) is 15.3 Å². The number of anilines is 1. The molecule has 4 saturated carbocycles. The second-order valence-corrected chi connectivity index (χ2v) is 10.9. The van der Waals surface area contributed by atoms with E-state index in [4.69, 9.17) is 20.0 Å². The van der Waals surface area contributed by atoms with E-state index in [1.165, 1.54) is 0 Å². The van der Waals surface area contributed by atoms with Gasteiger partial charge in [0.05, 0.1) is 11.5 Å². The third-order valence-electron chi connectivity index (χ3n) is 8.55. The third kappa shape index (κ3) is 6.92. The average molecular weight is 539 g/mol. The summed E-state index contributed by atoms with van der Waals surface area (Å²) in [7, 11) is 0. The van der Waals surface area contributed by atoms with Gasteiger partial charge in [0, 0.05) is 43.3 Å². The summed E-state index contributed by atoms with van der Waals surface area (Å²) in [6.07, 6.45) is 10.1. The van der Waals surface area contributed by atoms with Gasteiger partial charge in [-0.15, -0.1) is 0 Å². The number of aliphatic hydroxyl groups excluding tert-OH is 1. The summed E-state index contributed by atoms with van der Waals surface area (Å²) < 4.78 is 0. The number of carbonyl (C=O) groups excluding carboxylic acids is 2. The van der Waals surface area contributed by atoms with Gasteiger partial charge in [0.1, 0.15) is 5.82 Å². The van der Waals surface area contributed by atoms with E-state index in [9.17, 15) is 9.90 Å². The summed E-state index contributed by atoms with van der Waals surface area (Å²) in [4.78, 5) is 32.9. The molecule has 5 fully saturated rings. The van der Waals surface area contributed by atoms with Gasteiger partial charge in [0.15, 0.2) is 0 Å². The van der Waals surface area contributed by atoms with E-state index in [1.807, 2.05) is 18.3 Å². The minimum absolute atomic E-state index is 0. The molecule has 2 aromatic rings. The Hall–Kier alpha value is -1.20. The number of aliphatic hydroxyl groups is 1. The van der Waals surface area contributed by atoms with E-state index < -0.39 is 6.16 Å². The molecule has 1 saturated heterocycles. The molecule has 2 N–H and O–H groups in total. The Morgan fingerprint density at radius 1 is 1.00 bits per heavy atom. The SMILES string of the molecule is O=C(N[C@H]1CCCN(c2ccc(-c3ccncc3)cn2)C1)C12CC3CC(C1)C(O)C(C3)C2.O=C([O-])[O-].[Na+].[Na+]. The van der Waals surface area contributed by atoms with E-state index in [1.54, 1.807) is 12.4 Å². The maximum absolute atomic E-state index is 13.5. The normalized spacial score (nSPS) is 30.7. The van der Waals surface area contributed by atoms with Crippen molar-refractivity contribution in [1.29, 1.82) is 0 Å². The van der Waals surface area contributed by atoms with Crippen molar-refractivity contribution in [3.63, 3.8) is 0 Å². The summed E-state index contributed by atoms with van der Waals surface area (Å²) in [5.74, 6) is 2.51. The molecule has 2 unspecified atom stereocenters. The number of aromatic nitrogens is 2. The van der Waals surface area contributed by atoms with Crippen LogP contribution in [0.15, 0.2) is 42.9 Å². The first-order chi connectivity index (χ1) is 17.3. The number of nitrogens with one attached hydrogen (secondary N) is 1. The summed E-state index contributed by atoms with van der Waals surface area (Å²) in [5.41, 5.74) is 1.97. The first kappa shape index (κ1) is 31.3. The molecule has 0 spiro atoms.